The van der Waals surface area contributed by atoms with Crippen molar-refractivity contribution in [3.63, 3.8) is 0 Å². The van der Waals surface area contributed by atoms with Gasteiger partial charge in [0.05, 0.1) is 0 Å². The molecule has 1 aromatic rings. The maximum atomic E-state index is 12.3. The fourth-order valence-electron chi connectivity index (χ4n) is 2.90. The molecule has 0 spiro atoms. The Morgan fingerprint density at radius 1 is 1.00 bits per heavy atom. The Balaban J connectivity index is 2.09. The highest BCUT2D eigenvalue weighted by Gasteiger charge is 2.44. The zero-order valence-electron chi connectivity index (χ0n) is 15.0. The average Bonchev–Trinajstić information content (AvgIpc) is 2.73. The van der Waals surface area contributed by atoms with Crippen molar-refractivity contribution in [1.82, 2.24) is 9.80 Å². The van der Waals surface area contributed by atoms with E-state index in [4.69, 9.17) is 0 Å². The van der Waals surface area contributed by atoms with E-state index in [0.717, 1.165) is 28.0 Å². The summed E-state index contributed by atoms with van der Waals surface area (Å²) in [6, 6.07) is 3.14. The van der Waals surface area contributed by atoms with Crippen LogP contribution in [0.3, 0.4) is 0 Å². The Bertz CT molecular complexity index is 719. The summed E-state index contributed by atoms with van der Waals surface area (Å²) in [5.41, 5.74) is 3.52. The summed E-state index contributed by atoms with van der Waals surface area (Å²) < 4.78 is 0. The first-order valence-electron chi connectivity index (χ1n) is 8.31. The smallest absolute Gasteiger partial charge is 0.324 e. The number of nitrogens with one attached hydrogen (secondary N) is 1. The quantitative estimate of drug-likeness (QED) is 0.632. The van der Waals surface area contributed by atoms with Gasteiger partial charge in [-0.05, 0) is 38.3 Å². The highest BCUT2D eigenvalue weighted by molar-refractivity contribution is 6.45. The van der Waals surface area contributed by atoms with Gasteiger partial charge in [0.1, 0.15) is 6.54 Å². The molecular weight excluding hydrogens is 322 g/mol. The Morgan fingerprint density at radius 2 is 1.56 bits per heavy atom. The molecule has 0 radical (unpaired) electrons. The third-order valence-electron chi connectivity index (χ3n) is 4.11. The fraction of sp³-hybridized carbons (Fsp3) is 0.444. The maximum Gasteiger partial charge on any atom is 0.334 e. The van der Waals surface area contributed by atoms with Crippen LogP contribution in [0.1, 0.15) is 36.5 Å². The lowest BCUT2D eigenvalue weighted by atomic mass is 10.1. The summed E-state index contributed by atoms with van der Waals surface area (Å²) in [5, 5.41) is 2.73. The zero-order valence-corrected chi connectivity index (χ0v) is 15.0. The van der Waals surface area contributed by atoms with Gasteiger partial charge in [-0.15, -0.1) is 0 Å². The monoisotopic (exact) mass is 345 g/mol. The van der Waals surface area contributed by atoms with Crippen molar-refractivity contribution in [1.29, 1.82) is 0 Å². The Morgan fingerprint density at radius 3 is 2.12 bits per heavy atom. The fourth-order valence-corrected chi connectivity index (χ4v) is 2.90. The van der Waals surface area contributed by atoms with Crippen molar-refractivity contribution >= 4 is 29.4 Å². The van der Waals surface area contributed by atoms with Crippen molar-refractivity contribution in [3.05, 3.63) is 28.8 Å². The molecule has 1 aromatic carbocycles. The molecule has 1 heterocycles. The summed E-state index contributed by atoms with van der Waals surface area (Å²) in [5.74, 6) is -2.33. The molecule has 0 aliphatic carbocycles. The van der Waals surface area contributed by atoms with Crippen molar-refractivity contribution in [2.75, 3.05) is 18.4 Å². The van der Waals surface area contributed by atoms with Crippen LogP contribution < -0.4 is 5.32 Å². The third-order valence-corrected chi connectivity index (χ3v) is 4.11. The molecule has 1 fully saturated rings. The normalized spacial score (nSPS) is 14.5. The molecule has 7 nitrogen and oxygen atoms in total. The van der Waals surface area contributed by atoms with E-state index in [0.29, 0.717) is 17.0 Å². The van der Waals surface area contributed by atoms with Crippen molar-refractivity contribution in [2.45, 2.75) is 40.5 Å². The number of unbranched alkanes of at least 4 members (excludes halogenated alkanes) is 1. The van der Waals surface area contributed by atoms with Crippen LogP contribution in [0.4, 0.5) is 10.5 Å². The van der Waals surface area contributed by atoms with Crippen molar-refractivity contribution in [2.24, 2.45) is 0 Å². The Kier molecular flexibility index (Phi) is 5.56. The first-order valence-corrected chi connectivity index (χ1v) is 8.31. The first kappa shape index (κ1) is 18.6. The largest absolute Gasteiger partial charge is 0.334 e. The van der Waals surface area contributed by atoms with E-state index < -0.39 is 30.3 Å². The number of imide groups is 2. The van der Waals surface area contributed by atoms with Crippen LogP contribution in [0.15, 0.2) is 12.1 Å². The molecule has 0 aromatic heterocycles. The molecule has 134 valence electrons. The molecule has 0 saturated carbocycles. The van der Waals surface area contributed by atoms with Crippen molar-refractivity contribution < 1.29 is 19.2 Å². The zero-order chi connectivity index (χ0) is 18.7. The van der Waals surface area contributed by atoms with Gasteiger partial charge in [0.2, 0.25) is 5.91 Å². The summed E-state index contributed by atoms with van der Waals surface area (Å²) >= 11 is 0. The van der Waals surface area contributed by atoms with Crippen LogP contribution in [-0.2, 0) is 14.4 Å². The van der Waals surface area contributed by atoms with Gasteiger partial charge in [-0.2, -0.15) is 0 Å². The Labute approximate surface area is 147 Å². The van der Waals surface area contributed by atoms with Crippen LogP contribution in [0.25, 0.3) is 0 Å². The number of anilines is 1. The van der Waals surface area contributed by atoms with Crippen LogP contribution in [0.2, 0.25) is 0 Å². The molecule has 0 unspecified atom stereocenters. The van der Waals surface area contributed by atoms with E-state index in [9.17, 15) is 19.2 Å². The van der Waals surface area contributed by atoms with E-state index in [-0.39, 0.29) is 6.54 Å². The molecule has 0 atom stereocenters. The number of rotatable bonds is 6. The molecule has 1 saturated heterocycles. The van der Waals surface area contributed by atoms with E-state index in [2.05, 4.69) is 5.32 Å². The van der Waals surface area contributed by atoms with Gasteiger partial charge in [-0.3, -0.25) is 19.3 Å². The SMILES string of the molecule is CCCCN1C(=O)C(=O)N(CC(=O)Nc2c(C)cc(C)cc2C)C1=O. The molecule has 1 N–H and O–H groups in total. The topological polar surface area (TPSA) is 86.8 Å². The second kappa shape index (κ2) is 7.46. The Hall–Kier alpha value is -2.70. The molecule has 5 amide bonds. The van der Waals surface area contributed by atoms with Gasteiger partial charge >= 0.3 is 17.8 Å². The third kappa shape index (κ3) is 3.87. The summed E-state index contributed by atoms with van der Waals surface area (Å²) in [6.45, 7) is 7.34. The van der Waals surface area contributed by atoms with Crippen LogP contribution in [0.5, 0.6) is 0 Å². The second-order valence-electron chi connectivity index (χ2n) is 6.31. The number of carbonyl (C=O) groups excluding carboxylic acids is 4. The van der Waals surface area contributed by atoms with E-state index in [1.165, 1.54) is 0 Å². The lowest BCUT2D eigenvalue weighted by Gasteiger charge is -2.17. The van der Waals surface area contributed by atoms with Gasteiger partial charge in [0.25, 0.3) is 0 Å². The standard InChI is InChI=1S/C18H23N3O4/c1-5-6-7-20-16(23)17(24)21(18(20)25)10-14(22)19-15-12(3)8-11(2)9-13(15)4/h8-9H,5-7,10H2,1-4H3,(H,19,22). The second-order valence-corrected chi connectivity index (χ2v) is 6.31. The number of carbonyl (C=O) groups is 4. The van der Waals surface area contributed by atoms with Crippen LogP contribution >= 0.6 is 0 Å². The minimum atomic E-state index is -0.950. The van der Waals surface area contributed by atoms with E-state index in [1.54, 1.807) is 0 Å². The lowest BCUT2D eigenvalue weighted by molar-refractivity contribution is -0.143. The van der Waals surface area contributed by atoms with Crippen LogP contribution in [-0.4, -0.2) is 46.6 Å². The van der Waals surface area contributed by atoms with Gasteiger partial charge in [0, 0.05) is 12.2 Å². The number of nitrogens with zero attached hydrogens (tertiary/aromatic N) is 2. The highest BCUT2D eigenvalue weighted by Crippen LogP contribution is 2.22. The predicted molar refractivity (Wildman–Crippen MR) is 93.0 cm³/mol. The number of hydrogen-bond acceptors (Lipinski definition) is 4. The summed E-state index contributed by atoms with van der Waals surface area (Å²) in [7, 11) is 0. The molecule has 1 aliphatic rings. The maximum absolute atomic E-state index is 12.3. The van der Waals surface area contributed by atoms with Gasteiger partial charge in [-0.1, -0.05) is 31.0 Å². The predicted octanol–water partition coefficient (Wildman–Crippen LogP) is 2.14. The van der Waals surface area contributed by atoms with Gasteiger partial charge in [-0.25, -0.2) is 9.69 Å². The lowest BCUT2D eigenvalue weighted by Crippen LogP contribution is -2.39. The molecule has 1 aliphatic heterocycles. The number of urea groups is 1. The molecule has 7 heteroatoms. The molecule has 2 rings (SSSR count). The molecular formula is C18H23N3O4. The van der Waals surface area contributed by atoms with Gasteiger partial charge < -0.3 is 5.32 Å². The average molecular weight is 345 g/mol. The van der Waals surface area contributed by atoms with Crippen LogP contribution in [0, 0.1) is 20.8 Å². The van der Waals surface area contributed by atoms with E-state index >= 15 is 0 Å². The van der Waals surface area contributed by atoms with Crippen molar-refractivity contribution in [3.8, 4) is 0 Å². The molecule has 0 bridgehead atoms. The number of aryl methyl sites for hydroxylation is 3. The summed E-state index contributed by atoms with van der Waals surface area (Å²) in [4.78, 5) is 50.0. The van der Waals surface area contributed by atoms with Gasteiger partial charge in [0.15, 0.2) is 0 Å². The molecule has 25 heavy (non-hydrogen) atoms. The minimum absolute atomic E-state index is 0.189. The number of amides is 5. The number of benzene rings is 1. The van der Waals surface area contributed by atoms with E-state index in [1.807, 2.05) is 39.8 Å². The first-order chi connectivity index (χ1) is 11.8. The summed E-state index contributed by atoms with van der Waals surface area (Å²) in [6.07, 6.45) is 1.41. The highest BCUT2D eigenvalue weighted by atomic mass is 16.2. The minimum Gasteiger partial charge on any atom is -0.324 e. The number of hydrogen-bond donors (Lipinski definition) is 1.